The van der Waals surface area contributed by atoms with Crippen molar-refractivity contribution < 1.29 is 9.47 Å². The molecule has 1 aromatic rings. The number of rotatable bonds is 2. The van der Waals surface area contributed by atoms with E-state index in [0.717, 1.165) is 29.5 Å². The Morgan fingerprint density at radius 2 is 2.40 bits per heavy atom. The number of benzene rings is 1. The molecular formula is C11H14ClNO2. The fraction of sp³-hybridized carbons (Fsp3) is 0.455. The van der Waals surface area contributed by atoms with Gasteiger partial charge in [-0.2, -0.15) is 0 Å². The van der Waals surface area contributed by atoms with Gasteiger partial charge < -0.3 is 14.8 Å². The first-order chi connectivity index (χ1) is 7.31. The number of methoxy groups -OCH3 is 1. The highest BCUT2D eigenvalue weighted by molar-refractivity contribution is 6.31. The van der Waals surface area contributed by atoms with E-state index in [4.69, 9.17) is 21.1 Å². The lowest BCUT2D eigenvalue weighted by Gasteiger charge is -2.25. The van der Waals surface area contributed by atoms with E-state index in [-0.39, 0.29) is 6.04 Å². The summed E-state index contributed by atoms with van der Waals surface area (Å²) in [6, 6.07) is 5.91. The van der Waals surface area contributed by atoms with Gasteiger partial charge >= 0.3 is 0 Å². The van der Waals surface area contributed by atoms with Crippen LogP contribution < -0.4 is 10.1 Å². The van der Waals surface area contributed by atoms with E-state index >= 15 is 0 Å². The van der Waals surface area contributed by atoms with E-state index in [1.54, 1.807) is 7.11 Å². The van der Waals surface area contributed by atoms with E-state index in [1.165, 1.54) is 0 Å². The van der Waals surface area contributed by atoms with E-state index in [2.05, 4.69) is 5.32 Å². The zero-order valence-corrected chi connectivity index (χ0v) is 9.38. The van der Waals surface area contributed by atoms with Gasteiger partial charge in [-0.15, -0.1) is 0 Å². The summed E-state index contributed by atoms with van der Waals surface area (Å²) in [4.78, 5) is 0. The molecule has 0 spiro atoms. The van der Waals surface area contributed by atoms with Crippen LogP contribution in [-0.2, 0) is 4.74 Å². The first-order valence-corrected chi connectivity index (χ1v) is 5.33. The van der Waals surface area contributed by atoms with E-state index < -0.39 is 0 Å². The van der Waals surface area contributed by atoms with Gasteiger partial charge in [0.2, 0.25) is 0 Å². The Morgan fingerprint density at radius 3 is 3.00 bits per heavy atom. The SMILES string of the molecule is COc1ccc(C2COCCN2)c(Cl)c1. The van der Waals surface area contributed by atoms with E-state index in [0.29, 0.717) is 6.61 Å². The predicted molar refractivity (Wildman–Crippen MR) is 59.6 cm³/mol. The number of hydrogen-bond donors (Lipinski definition) is 1. The summed E-state index contributed by atoms with van der Waals surface area (Å²) in [5, 5.41) is 4.08. The highest BCUT2D eigenvalue weighted by atomic mass is 35.5. The fourth-order valence-corrected chi connectivity index (χ4v) is 1.98. The van der Waals surface area contributed by atoms with Crippen LogP contribution in [0.5, 0.6) is 5.75 Å². The minimum atomic E-state index is 0.192. The molecule has 3 nitrogen and oxygen atoms in total. The molecule has 82 valence electrons. The van der Waals surface area contributed by atoms with E-state index in [9.17, 15) is 0 Å². The summed E-state index contributed by atoms with van der Waals surface area (Å²) < 4.78 is 10.5. The minimum Gasteiger partial charge on any atom is -0.497 e. The second kappa shape index (κ2) is 4.84. The molecule has 1 aromatic carbocycles. The average Bonchev–Trinajstić information content (AvgIpc) is 2.30. The van der Waals surface area contributed by atoms with Gasteiger partial charge in [0.15, 0.2) is 0 Å². The maximum absolute atomic E-state index is 6.17. The number of morpholine rings is 1. The lowest BCUT2D eigenvalue weighted by atomic mass is 10.1. The van der Waals surface area contributed by atoms with Crippen molar-refractivity contribution in [3.63, 3.8) is 0 Å². The Morgan fingerprint density at radius 1 is 1.53 bits per heavy atom. The molecule has 2 rings (SSSR count). The van der Waals surface area contributed by atoms with Crippen LogP contribution in [0, 0.1) is 0 Å². The van der Waals surface area contributed by atoms with Crippen molar-refractivity contribution in [2.45, 2.75) is 6.04 Å². The summed E-state index contributed by atoms with van der Waals surface area (Å²) in [6.45, 7) is 2.31. The van der Waals surface area contributed by atoms with Crippen molar-refractivity contribution >= 4 is 11.6 Å². The quantitative estimate of drug-likeness (QED) is 0.839. The first kappa shape index (κ1) is 10.7. The van der Waals surface area contributed by atoms with Crippen LogP contribution >= 0.6 is 11.6 Å². The van der Waals surface area contributed by atoms with Crippen LogP contribution in [0.2, 0.25) is 5.02 Å². The topological polar surface area (TPSA) is 30.5 Å². The van der Waals surface area contributed by atoms with Gasteiger partial charge in [-0.1, -0.05) is 17.7 Å². The number of ether oxygens (including phenoxy) is 2. The third-order valence-corrected chi connectivity index (χ3v) is 2.83. The molecule has 1 atom stereocenters. The molecule has 0 aromatic heterocycles. The summed E-state index contributed by atoms with van der Waals surface area (Å²) in [6.07, 6.45) is 0. The normalized spacial score (nSPS) is 21.3. The van der Waals surface area contributed by atoms with Crippen LogP contribution in [0.4, 0.5) is 0 Å². The zero-order chi connectivity index (χ0) is 10.7. The monoisotopic (exact) mass is 227 g/mol. The van der Waals surface area contributed by atoms with Crippen molar-refractivity contribution in [1.82, 2.24) is 5.32 Å². The summed E-state index contributed by atoms with van der Waals surface area (Å²) >= 11 is 6.17. The summed E-state index contributed by atoms with van der Waals surface area (Å²) in [5.74, 6) is 0.778. The predicted octanol–water partition coefficient (Wildman–Crippen LogP) is 2.01. The molecule has 0 aliphatic carbocycles. The highest BCUT2D eigenvalue weighted by Gasteiger charge is 2.17. The minimum absolute atomic E-state index is 0.192. The largest absolute Gasteiger partial charge is 0.497 e. The maximum Gasteiger partial charge on any atom is 0.120 e. The second-order valence-corrected chi connectivity index (χ2v) is 3.88. The third-order valence-electron chi connectivity index (χ3n) is 2.50. The number of hydrogen-bond acceptors (Lipinski definition) is 3. The number of nitrogens with one attached hydrogen (secondary N) is 1. The number of halogens is 1. The Labute approximate surface area is 94.3 Å². The molecule has 15 heavy (non-hydrogen) atoms. The summed E-state index contributed by atoms with van der Waals surface area (Å²) in [7, 11) is 1.63. The molecule has 1 saturated heterocycles. The van der Waals surface area contributed by atoms with Crippen molar-refractivity contribution in [1.29, 1.82) is 0 Å². The Bertz CT molecular complexity index is 337. The molecule has 0 saturated carbocycles. The molecule has 1 unspecified atom stereocenters. The van der Waals surface area contributed by atoms with Crippen LogP contribution in [0.25, 0.3) is 0 Å². The fourth-order valence-electron chi connectivity index (χ4n) is 1.68. The molecule has 1 N–H and O–H groups in total. The van der Waals surface area contributed by atoms with Crippen molar-refractivity contribution in [2.75, 3.05) is 26.9 Å². The maximum atomic E-state index is 6.17. The van der Waals surface area contributed by atoms with Crippen LogP contribution in [0.3, 0.4) is 0 Å². The molecule has 0 radical (unpaired) electrons. The van der Waals surface area contributed by atoms with Gasteiger partial charge in [-0.25, -0.2) is 0 Å². The Balaban J connectivity index is 2.19. The zero-order valence-electron chi connectivity index (χ0n) is 8.63. The molecule has 0 amide bonds. The Kier molecular flexibility index (Phi) is 3.46. The van der Waals surface area contributed by atoms with Crippen LogP contribution in [0.15, 0.2) is 18.2 Å². The van der Waals surface area contributed by atoms with Gasteiger partial charge in [-0.3, -0.25) is 0 Å². The van der Waals surface area contributed by atoms with Crippen LogP contribution in [-0.4, -0.2) is 26.9 Å². The highest BCUT2D eigenvalue weighted by Crippen LogP contribution is 2.28. The van der Waals surface area contributed by atoms with Gasteiger partial charge in [0.25, 0.3) is 0 Å². The van der Waals surface area contributed by atoms with Gasteiger partial charge in [0.1, 0.15) is 5.75 Å². The summed E-state index contributed by atoms with van der Waals surface area (Å²) in [5.41, 5.74) is 1.07. The molecule has 1 aliphatic rings. The molecule has 4 heteroatoms. The lowest BCUT2D eigenvalue weighted by molar-refractivity contribution is 0.0769. The molecular weight excluding hydrogens is 214 g/mol. The smallest absolute Gasteiger partial charge is 0.120 e. The molecule has 1 heterocycles. The van der Waals surface area contributed by atoms with Gasteiger partial charge in [0.05, 0.1) is 26.4 Å². The first-order valence-electron chi connectivity index (χ1n) is 4.96. The molecule has 0 bridgehead atoms. The second-order valence-electron chi connectivity index (χ2n) is 3.47. The lowest BCUT2D eigenvalue weighted by Crippen LogP contribution is -2.34. The van der Waals surface area contributed by atoms with Crippen molar-refractivity contribution in [2.24, 2.45) is 0 Å². The standard InChI is InChI=1S/C11H14ClNO2/c1-14-8-2-3-9(10(12)6-8)11-7-15-5-4-13-11/h2-3,6,11,13H,4-5,7H2,1H3. The van der Waals surface area contributed by atoms with Crippen LogP contribution in [0.1, 0.15) is 11.6 Å². The van der Waals surface area contributed by atoms with Crippen molar-refractivity contribution in [3.8, 4) is 5.75 Å². The van der Waals surface area contributed by atoms with Crippen molar-refractivity contribution in [3.05, 3.63) is 28.8 Å². The van der Waals surface area contributed by atoms with Gasteiger partial charge in [0, 0.05) is 11.6 Å². The molecule has 1 aliphatic heterocycles. The Hall–Kier alpha value is -0.770. The van der Waals surface area contributed by atoms with E-state index in [1.807, 2.05) is 18.2 Å². The third kappa shape index (κ3) is 2.43. The average molecular weight is 228 g/mol. The molecule has 1 fully saturated rings. The van der Waals surface area contributed by atoms with Gasteiger partial charge in [-0.05, 0) is 17.7 Å².